The Hall–Kier alpha value is -0.490. The maximum atomic E-state index is 6.31. The standard InChI is InChI=1S/C13H7Br2ClN2S/c1-6-2-3-8(14)10-11(6)17-13(18-12(10)16)7-4-9(15)19-5-7/h2-5H,1H3. The van der Waals surface area contributed by atoms with E-state index in [-0.39, 0.29) is 0 Å². The first-order valence-corrected chi connectivity index (χ1v) is 8.27. The lowest BCUT2D eigenvalue weighted by Gasteiger charge is -2.07. The van der Waals surface area contributed by atoms with Crippen LogP contribution in [0.25, 0.3) is 22.3 Å². The van der Waals surface area contributed by atoms with E-state index in [0.29, 0.717) is 11.0 Å². The van der Waals surface area contributed by atoms with Gasteiger partial charge in [-0.1, -0.05) is 17.7 Å². The molecule has 6 heteroatoms. The van der Waals surface area contributed by atoms with Crippen molar-refractivity contribution in [3.63, 3.8) is 0 Å². The van der Waals surface area contributed by atoms with Gasteiger partial charge >= 0.3 is 0 Å². The largest absolute Gasteiger partial charge is 0.228 e. The Labute approximate surface area is 136 Å². The number of halogens is 3. The van der Waals surface area contributed by atoms with Crippen LogP contribution >= 0.6 is 54.8 Å². The Morgan fingerprint density at radius 3 is 2.68 bits per heavy atom. The lowest BCUT2D eigenvalue weighted by Crippen LogP contribution is -1.93. The highest BCUT2D eigenvalue weighted by Crippen LogP contribution is 2.34. The monoisotopic (exact) mass is 416 g/mol. The van der Waals surface area contributed by atoms with E-state index < -0.39 is 0 Å². The van der Waals surface area contributed by atoms with Crippen molar-refractivity contribution in [2.45, 2.75) is 6.92 Å². The normalized spacial score (nSPS) is 11.2. The molecule has 0 fully saturated rings. The van der Waals surface area contributed by atoms with E-state index >= 15 is 0 Å². The zero-order valence-electron chi connectivity index (χ0n) is 9.75. The van der Waals surface area contributed by atoms with Crippen LogP contribution in [0.2, 0.25) is 5.15 Å². The van der Waals surface area contributed by atoms with Crippen molar-refractivity contribution in [2.75, 3.05) is 0 Å². The van der Waals surface area contributed by atoms with Gasteiger partial charge in [0, 0.05) is 15.4 Å². The number of fused-ring (bicyclic) bond motifs is 1. The summed E-state index contributed by atoms with van der Waals surface area (Å²) in [6, 6.07) is 5.98. The molecular formula is C13H7Br2ClN2S. The van der Waals surface area contributed by atoms with Crippen LogP contribution in [0.4, 0.5) is 0 Å². The summed E-state index contributed by atoms with van der Waals surface area (Å²) in [4.78, 5) is 9.04. The molecular weight excluding hydrogens is 411 g/mol. The van der Waals surface area contributed by atoms with Crippen molar-refractivity contribution < 1.29 is 0 Å². The molecule has 2 nitrogen and oxygen atoms in total. The minimum absolute atomic E-state index is 0.470. The van der Waals surface area contributed by atoms with E-state index in [0.717, 1.165) is 30.3 Å². The molecule has 3 aromatic rings. The molecule has 0 N–H and O–H groups in total. The Bertz CT molecular complexity index is 786. The van der Waals surface area contributed by atoms with E-state index in [1.807, 2.05) is 30.5 Å². The Morgan fingerprint density at radius 2 is 2.00 bits per heavy atom. The number of rotatable bonds is 1. The van der Waals surface area contributed by atoms with Crippen LogP contribution in [-0.2, 0) is 0 Å². The predicted molar refractivity (Wildman–Crippen MR) is 88.0 cm³/mol. The van der Waals surface area contributed by atoms with Crippen molar-refractivity contribution in [3.05, 3.63) is 42.6 Å². The SMILES string of the molecule is Cc1ccc(Br)c2c(Cl)nc(-c3csc(Br)c3)nc12. The molecule has 0 bridgehead atoms. The highest BCUT2D eigenvalue weighted by molar-refractivity contribution is 9.11. The van der Waals surface area contributed by atoms with E-state index in [1.54, 1.807) is 11.3 Å². The van der Waals surface area contributed by atoms with Crippen LogP contribution in [0.1, 0.15) is 5.56 Å². The molecule has 0 saturated heterocycles. The molecule has 1 aromatic carbocycles. The van der Waals surface area contributed by atoms with Crippen LogP contribution in [0.3, 0.4) is 0 Å². The molecule has 0 aliphatic heterocycles. The molecule has 0 unspecified atom stereocenters. The third-order valence-corrected chi connectivity index (χ3v) is 5.22. The average molecular weight is 419 g/mol. The first-order valence-electron chi connectivity index (χ1n) is 5.43. The van der Waals surface area contributed by atoms with Gasteiger partial charge in [-0.2, -0.15) is 0 Å². The summed E-state index contributed by atoms with van der Waals surface area (Å²) < 4.78 is 1.96. The summed E-state index contributed by atoms with van der Waals surface area (Å²) in [6.07, 6.45) is 0. The van der Waals surface area contributed by atoms with Gasteiger partial charge in [0.25, 0.3) is 0 Å². The molecule has 19 heavy (non-hydrogen) atoms. The van der Waals surface area contributed by atoms with Gasteiger partial charge < -0.3 is 0 Å². The first-order chi connectivity index (χ1) is 9.06. The predicted octanol–water partition coefficient (Wildman–Crippen LogP) is 5.85. The number of hydrogen-bond acceptors (Lipinski definition) is 3. The van der Waals surface area contributed by atoms with Gasteiger partial charge in [-0.3, -0.25) is 0 Å². The third-order valence-electron chi connectivity index (χ3n) is 2.78. The highest BCUT2D eigenvalue weighted by atomic mass is 79.9. The quantitative estimate of drug-likeness (QED) is 0.464. The fourth-order valence-electron chi connectivity index (χ4n) is 1.85. The first kappa shape index (κ1) is 13.5. The average Bonchev–Trinajstić information content (AvgIpc) is 2.80. The number of benzene rings is 1. The summed E-state index contributed by atoms with van der Waals surface area (Å²) in [5, 5.41) is 3.34. The minimum atomic E-state index is 0.470. The zero-order chi connectivity index (χ0) is 13.6. The van der Waals surface area contributed by atoms with Gasteiger partial charge in [0.05, 0.1) is 14.7 Å². The van der Waals surface area contributed by atoms with Crippen molar-refractivity contribution in [1.29, 1.82) is 0 Å². The van der Waals surface area contributed by atoms with Gasteiger partial charge in [0.15, 0.2) is 5.82 Å². The Balaban J connectivity index is 2.33. The second-order valence-corrected chi connectivity index (χ2v) is 7.57. The number of aryl methyl sites for hydroxylation is 1. The second-order valence-electron chi connectivity index (χ2n) is 4.07. The van der Waals surface area contributed by atoms with E-state index in [2.05, 4.69) is 41.8 Å². The highest BCUT2D eigenvalue weighted by Gasteiger charge is 2.13. The number of hydrogen-bond donors (Lipinski definition) is 0. The van der Waals surface area contributed by atoms with Crippen LogP contribution in [0.5, 0.6) is 0 Å². The summed E-state index contributed by atoms with van der Waals surface area (Å²) in [5.41, 5.74) is 2.93. The van der Waals surface area contributed by atoms with Crippen LogP contribution in [0.15, 0.2) is 31.8 Å². The summed E-state index contributed by atoms with van der Waals surface area (Å²) in [5.74, 6) is 0.653. The maximum Gasteiger partial charge on any atom is 0.162 e. The van der Waals surface area contributed by atoms with Crippen molar-refractivity contribution in [3.8, 4) is 11.4 Å². The fourth-order valence-corrected chi connectivity index (χ4v) is 3.88. The van der Waals surface area contributed by atoms with Crippen molar-refractivity contribution >= 4 is 65.7 Å². The molecule has 0 amide bonds. The lowest BCUT2D eigenvalue weighted by atomic mass is 10.1. The van der Waals surface area contributed by atoms with Crippen molar-refractivity contribution in [1.82, 2.24) is 9.97 Å². The number of nitrogens with zero attached hydrogens (tertiary/aromatic N) is 2. The maximum absolute atomic E-state index is 6.31. The van der Waals surface area contributed by atoms with Gasteiger partial charge in [-0.25, -0.2) is 9.97 Å². The van der Waals surface area contributed by atoms with Crippen molar-refractivity contribution in [2.24, 2.45) is 0 Å². The fraction of sp³-hybridized carbons (Fsp3) is 0.0769. The Morgan fingerprint density at radius 1 is 1.21 bits per heavy atom. The molecule has 96 valence electrons. The van der Waals surface area contributed by atoms with Gasteiger partial charge in [0.1, 0.15) is 5.15 Å². The molecule has 0 aliphatic rings. The Kier molecular flexibility index (Phi) is 3.64. The molecule has 2 heterocycles. The molecule has 0 spiro atoms. The topological polar surface area (TPSA) is 25.8 Å². The van der Waals surface area contributed by atoms with E-state index in [9.17, 15) is 0 Å². The molecule has 0 aliphatic carbocycles. The molecule has 2 aromatic heterocycles. The molecule has 0 atom stereocenters. The smallest absolute Gasteiger partial charge is 0.162 e. The summed E-state index contributed by atoms with van der Waals surface area (Å²) in [6.45, 7) is 2.02. The summed E-state index contributed by atoms with van der Waals surface area (Å²) in [7, 11) is 0. The van der Waals surface area contributed by atoms with Crippen LogP contribution in [0, 0.1) is 6.92 Å². The van der Waals surface area contributed by atoms with E-state index in [1.165, 1.54) is 0 Å². The third kappa shape index (κ3) is 2.44. The van der Waals surface area contributed by atoms with Gasteiger partial charge in [0.2, 0.25) is 0 Å². The number of aromatic nitrogens is 2. The van der Waals surface area contributed by atoms with Gasteiger partial charge in [-0.05, 0) is 56.5 Å². The molecule has 3 rings (SSSR count). The zero-order valence-corrected chi connectivity index (χ0v) is 14.5. The number of thiophene rings is 1. The van der Waals surface area contributed by atoms with Crippen LogP contribution < -0.4 is 0 Å². The minimum Gasteiger partial charge on any atom is -0.228 e. The molecule has 0 saturated carbocycles. The lowest BCUT2D eigenvalue weighted by molar-refractivity contribution is 1.22. The second kappa shape index (κ2) is 5.13. The summed E-state index contributed by atoms with van der Waals surface area (Å²) >= 11 is 14.9. The van der Waals surface area contributed by atoms with Crippen LogP contribution in [-0.4, -0.2) is 9.97 Å². The molecule has 0 radical (unpaired) electrons. The van der Waals surface area contributed by atoms with Gasteiger partial charge in [-0.15, -0.1) is 11.3 Å². The van der Waals surface area contributed by atoms with E-state index in [4.69, 9.17) is 11.6 Å².